The summed E-state index contributed by atoms with van der Waals surface area (Å²) in [7, 11) is -3.66. The number of nitrogens with zero attached hydrogens (tertiary/aromatic N) is 1. The highest BCUT2D eigenvalue weighted by Crippen LogP contribution is 2.26. The highest BCUT2D eigenvalue weighted by Gasteiger charge is 2.29. The molecule has 2 aromatic carbocycles. The van der Waals surface area contributed by atoms with E-state index in [4.69, 9.17) is 4.74 Å². The monoisotopic (exact) mass is 430 g/mol. The second-order valence-electron chi connectivity index (χ2n) is 8.12. The van der Waals surface area contributed by atoms with Crippen LogP contribution in [-0.2, 0) is 14.8 Å². The molecule has 0 heterocycles. The standard InChI is InChI=1S/C23H30N2O4S/c1-16-13-17(2)15-20(14-16)25(30(4,27)28)18(3)23(26)24-19-9-11-22(12-10-19)29-21-7-5-6-8-21/h9-15,18,21H,5-8H2,1-4H3,(H,24,26). The predicted octanol–water partition coefficient (Wildman–Crippen LogP) is 4.42. The first-order chi connectivity index (χ1) is 14.1. The summed E-state index contributed by atoms with van der Waals surface area (Å²) >= 11 is 0. The molecular weight excluding hydrogens is 400 g/mol. The summed E-state index contributed by atoms with van der Waals surface area (Å²) in [6.07, 6.45) is 5.95. The van der Waals surface area contributed by atoms with Gasteiger partial charge in [0.25, 0.3) is 0 Å². The lowest BCUT2D eigenvalue weighted by molar-refractivity contribution is -0.116. The molecule has 0 bridgehead atoms. The number of benzene rings is 2. The van der Waals surface area contributed by atoms with Crippen molar-refractivity contribution in [2.45, 2.75) is 58.6 Å². The molecule has 1 N–H and O–H groups in total. The van der Waals surface area contributed by atoms with Crippen LogP contribution in [0.4, 0.5) is 11.4 Å². The summed E-state index contributed by atoms with van der Waals surface area (Å²) in [5.41, 5.74) is 2.95. The smallest absolute Gasteiger partial charge is 0.247 e. The molecule has 1 amide bonds. The van der Waals surface area contributed by atoms with Crippen molar-refractivity contribution in [3.8, 4) is 5.75 Å². The van der Waals surface area contributed by atoms with Crippen molar-refractivity contribution in [1.29, 1.82) is 0 Å². The third kappa shape index (κ3) is 5.53. The quantitative estimate of drug-likeness (QED) is 0.706. The van der Waals surface area contributed by atoms with Gasteiger partial charge < -0.3 is 10.1 Å². The number of carbonyl (C=O) groups excluding carboxylic acids is 1. The van der Waals surface area contributed by atoms with E-state index in [1.165, 1.54) is 17.1 Å². The van der Waals surface area contributed by atoms with Crippen molar-refractivity contribution < 1.29 is 17.9 Å². The maximum absolute atomic E-state index is 12.9. The van der Waals surface area contributed by atoms with Crippen LogP contribution in [0.1, 0.15) is 43.7 Å². The molecule has 0 radical (unpaired) electrons. The summed E-state index contributed by atoms with van der Waals surface area (Å²) in [6.45, 7) is 5.39. The molecule has 0 aliphatic heterocycles. The number of anilines is 2. The van der Waals surface area contributed by atoms with Crippen LogP contribution in [0.5, 0.6) is 5.75 Å². The molecule has 1 saturated carbocycles. The minimum atomic E-state index is -3.66. The normalized spacial score (nSPS) is 15.6. The van der Waals surface area contributed by atoms with E-state index in [1.54, 1.807) is 31.2 Å². The minimum Gasteiger partial charge on any atom is -0.490 e. The van der Waals surface area contributed by atoms with E-state index >= 15 is 0 Å². The number of amides is 1. The second kappa shape index (κ2) is 9.08. The fourth-order valence-electron chi connectivity index (χ4n) is 3.95. The minimum absolute atomic E-state index is 0.270. The fraction of sp³-hybridized carbons (Fsp3) is 0.435. The third-order valence-corrected chi connectivity index (χ3v) is 6.52. The van der Waals surface area contributed by atoms with Crippen molar-refractivity contribution >= 4 is 27.3 Å². The number of carbonyl (C=O) groups is 1. The zero-order valence-corrected chi connectivity index (χ0v) is 18.8. The summed E-state index contributed by atoms with van der Waals surface area (Å²) in [6, 6.07) is 11.8. The number of ether oxygens (including phenoxy) is 1. The van der Waals surface area contributed by atoms with Crippen LogP contribution in [-0.4, -0.2) is 32.7 Å². The second-order valence-corrected chi connectivity index (χ2v) is 9.98. The Labute approximate surface area is 179 Å². The predicted molar refractivity (Wildman–Crippen MR) is 121 cm³/mol. The van der Waals surface area contributed by atoms with Gasteiger partial charge in [0.15, 0.2) is 0 Å². The first kappa shape index (κ1) is 22.2. The Morgan fingerprint density at radius 3 is 2.17 bits per heavy atom. The zero-order valence-electron chi connectivity index (χ0n) is 18.0. The molecule has 0 saturated heterocycles. The van der Waals surface area contributed by atoms with E-state index < -0.39 is 22.0 Å². The van der Waals surface area contributed by atoms with Crippen LogP contribution >= 0.6 is 0 Å². The molecule has 3 rings (SSSR count). The van der Waals surface area contributed by atoms with Crippen molar-refractivity contribution in [3.63, 3.8) is 0 Å². The fourth-order valence-corrected chi connectivity index (χ4v) is 5.11. The Kier molecular flexibility index (Phi) is 6.71. The Balaban J connectivity index is 1.73. The van der Waals surface area contributed by atoms with E-state index in [0.717, 1.165) is 36.0 Å². The largest absolute Gasteiger partial charge is 0.490 e. The van der Waals surface area contributed by atoms with E-state index in [1.807, 2.05) is 32.0 Å². The molecule has 162 valence electrons. The molecule has 6 nitrogen and oxygen atoms in total. The molecule has 1 aliphatic rings. The number of sulfonamides is 1. The average molecular weight is 431 g/mol. The molecular formula is C23H30N2O4S. The lowest BCUT2D eigenvalue weighted by Crippen LogP contribution is -2.45. The van der Waals surface area contributed by atoms with Crippen LogP contribution in [0.15, 0.2) is 42.5 Å². The van der Waals surface area contributed by atoms with Crippen molar-refractivity contribution in [1.82, 2.24) is 0 Å². The Morgan fingerprint density at radius 1 is 1.07 bits per heavy atom. The van der Waals surface area contributed by atoms with Gasteiger partial charge in [-0.3, -0.25) is 9.10 Å². The number of rotatable bonds is 7. The van der Waals surface area contributed by atoms with Gasteiger partial charge in [0, 0.05) is 5.69 Å². The van der Waals surface area contributed by atoms with Crippen molar-refractivity contribution in [2.24, 2.45) is 0 Å². The molecule has 1 aliphatic carbocycles. The summed E-state index contributed by atoms with van der Waals surface area (Å²) in [5, 5.41) is 2.81. The van der Waals surface area contributed by atoms with Gasteiger partial charge in [0.2, 0.25) is 15.9 Å². The lowest BCUT2D eigenvalue weighted by Gasteiger charge is -2.28. The van der Waals surface area contributed by atoms with Gasteiger partial charge in [-0.15, -0.1) is 0 Å². The van der Waals surface area contributed by atoms with Crippen LogP contribution < -0.4 is 14.4 Å². The Morgan fingerprint density at radius 2 is 1.63 bits per heavy atom. The highest BCUT2D eigenvalue weighted by atomic mass is 32.2. The molecule has 1 fully saturated rings. The number of nitrogens with one attached hydrogen (secondary N) is 1. The van der Waals surface area contributed by atoms with Crippen LogP contribution in [0.2, 0.25) is 0 Å². The molecule has 0 aromatic heterocycles. The Bertz CT molecular complexity index is 976. The molecule has 1 atom stereocenters. The van der Waals surface area contributed by atoms with E-state index in [2.05, 4.69) is 5.32 Å². The number of hydrogen-bond donors (Lipinski definition) is 1. The van der Waals surface area contributed by atoms with Crippen LogP contribution in [0.25, 0.3) is 0 Å². The van der Waals surface area contributed by atoms with Gasteiger partial charge >= 0.3 is 0 Å². The van der Waals surface area contributed by atoms with Gasteiger partial charge in [-0.1, -0.05) is 6.07 Å². The van der Waals surface area contributed by atoms with Gasteiger partial charge in [-0.05, 0) is 94.0 Å². The van der Waals surface area contributed by atoms with Crippen LogP contribution in [0, 0.1) is 13.8 Å². The molecule has 30 heavy (non-hydrogen) atoms. The van der Waals surface area contributed by atoms with E-state index in [9.17, 15) is 13.2 Å². The molecule has 0 spiro atoms. The number of aryl methyl sites for hydroxylation is 2. The highest BCUT2D eigenvalue weighted by molar-refractivity contribution is 7.92. The lowest BCUT2D eigenvalue weighted by atomic mass is 10.1. The topological polar surface area (TPSA) is 75.7 Å². The molecule has 7 heteroatoms. The first-order valence-electron chi connectivity index (χ1n) is 10.3. The van der Waals surface area contributed by atoms with E-state index in [-0.39, 0.29) is 6.10 Å². The zero-order chi connectivity index (χ0) is 21.9. The Hall–Kier alpha value is -2.54. The van der Waals surface area contributed by atoms with Gasteiger partial charge in [0.05, 0.1) is 18.0 Å². The van der Waals surface area contributed by atoms with Gasteiger partial charge in [-0.2, -0.15) is 0 Å². The third-order valence-electron chi connectivity index (χ3n) is 5.28. The summed E-state index contributed by atoms with van der Waals surface area (Å²) in [4.78, 5) is 12.9. The maximum Gasteiger partial charge on any atom is 0.247 e. The number of hydrogen-bond acceptors (Lipinski definition) is 4. The van der Waals surface area contributed by atoms with Crippen molar-refractivity contribution in [3.05, 3.63) is 53.6 Å². The summed E-state index contributed by atoms with van der Waals surface area (Å²) in [5.74, 6) is 0.380. The molecule has 1 unspecified atom stereocenters. The average Bonchev–Trinajstić information content (AvgIpc) is 3.14. The summed E-state index contributed by atoms with van der Waals surface area (Å²) < 4.78 is 32.1. The van der Waals surface area contributed by atoms with Gasteiger partial charge in [-0.25, -0.2) is 8.42 Å². The molecule has 2 aromatic rings. The first-order valence-corrected chi connectivity index (χ1v) is 12.1. The SMILES string of the molecule is Cc1cc(C)cc(N(C(C)C(=O)Nc2ccc(OC3CCCC3)cc2)S(C)(=O)=O)c1. The maximum atomic E-state index is 12.9. The van der Waals surface area contributed by atoms with E-state index in [0.29, 0.717) is 11.4 Å². The van der Waals surface area contributed by atoms with Crippen LogP contribution in [0.3, 0.4) is 0 Å². The van der Waals surface area contributed by atoms with Gasteiger partial charge in [0.1, 0.15) is 11.8 Å². The van der Waals surface area contributed by atoms with Crippen molar-refractivity contribution in [2.75, 3.05) is 15.9 Å².